The molecule has 0 saturated heterocycles. The molecule has 1 amide bonds. The number of nitro groups is 1. The van der Waals surface area contributed by atoms with Crippen molar-refractivity contribution in [2.24, 2.45) is 0 Å². The van der Waals surface area contributed by atoms with E-state index in [9.17, 15) is 30.2 Å². The Kier molecular flexibility index (Phi) is 16.1. The van der Waals surface area contributed by atoms with Crippen molar-refractivity contribution in [3.8, 4) is 17.2 Å². The number of nitrogens with one attached hydrogen (secondary N) is 1. The highest BCUT2D eigenvalue weighted by atomic mass is 16.6. The van der Waals surface area contributed by atoms with Crippen molar-refractivity contribution < 1.29 is 25.0 Å². The smallest absolute Gasteiger partial charge is 0.353 e. The average molecular weight is 429 g/mol. The lowest BCUT2D eigenvalue weighted by Gasteiger charge is -2.09. The summed E-state index contributed by atoms with van der Waals surface area (Å²) in [6.07, 6.45) is 12.9. The van der Waals surface area contributed by atoms with E-state index in [1.807, 2.05) is 0 Å². The maximum atomic E-state index is 12.1. The normalized spacial score (nSPS) is 10.0. The summed E-state index contributed by atoms with van der Waals surface area (Å²) >= 11 is 0. The fraction of sp³-hybridized carbons (Fsp3) is 0.682. The molecule has 0 bridgehead atoms. The highest BCUT2D eigenvalue weighted by Gasteiger charge is 2.29. The van der Waals surface area contributed by atoms with Gasteiger partial charge in [-0.15, -0.1) is 0 Å². The van der Waals surface area contributed by atoms with Crippen molar-refractivity contribution in [1.82, 2.24) is 5.32 Å². The van der Waals surface area contributed by atoms with Gasteiger partial charge in [0, 0.05) is 12.6 Å². The van der Waals surface area contributed by atoms with Crippen LogP contribution in [0.25, 0.3) is 0 Å². The van der Waals surface area contributed by atoms with Crippen LogP contribution in [0.3, 0.4) is 0 Å². The Hall–Kier alpha value is -2.51. The van der Waals surface area contributed by atoms with Gasteiger partial charge in [0.05, 0.1) is 4.92 Å². The number of unbranched alkanes of at least 4 members (excludes halogenated alkanes) is 10. The number of carbonyl (C=O) groups excluding carboxylic acids is 1. The zero-order valence-electron chi connectivity index (χ0n) is 16.6. The molecule has 0 aliphatic carbocycles. The third-order valence-electron chi connectivity index (χ3n) is 4.71. The van der Waals surface area contributed by atoms with E-state index in [1.165, 1.54) is 44.9 Å². The number of hydrogen-bond donors (Lipinski definition) is 4. The molecule has 30 heavy (non-hydrogen) atoms. The van der Waals surface area contributed by atoms with Gasteiger partial charge in [-0.2, -0.15) is 0 Å². The van der Waals surface area contributed by atoms with Crippen molar-refractivity contribution in [2.45, 2.75) is 92.4 Å². The largest absolute Gasteiger partial charge is 0.507 e. The molecule has 1 aromatic carbocycles. The van der Waals surface area contributed by atoms with Crippen LogP contribution in [0.2, 0.25) is 0 Å². The third-order valence-corrected chi connectivity index (χ3v) is 4.71. The number of phenols is 3. The van der Waals surface area contributed by atoms with Gasteiger partial charge < -0.3 is 20.6 Å². The van der Waals surface area contributed by atoms with Crippen LogP contribution in [-0.2, 0) is 0 Å². The molecule has 0 saturated carbocycles. The lowest BCUT2D eigenvalue weighted by molar-refractivity contribution is -0.386. The first-order valence-corrected chi connectivity index (χ1v) is 10.1. The van der Waals surface area contributed by atoms with Crippen molar-refractivity contribution in [3.63, 3.8) is 0 Å². The van der Waals surface area contributed by atoms with Gasteiger partial charge in [-0.25, -0.2) is 0 Å². The van der Waals surface area contributed by atoms with Gasteiger partial charge in [-0.1, -0.05) is 86.0 Å². The molecule has 8 heteroatoms. The predicted octanol–water partition coefficient (Wildman–Crippen LogP) is 6.02. The second-order valence-corrected chi connectivity index (χ2v) is 7.04. The Balaban J connectivity index is 0. The van der Waals surface area contributed by atoms with Crippen molar-refractivity contribution in [1.29, 1.82) is 0 Å². The van der Waals surface area contributed by atoms with Gasteiger partial charge in [0.2, 0.25) is 11.5 Å². The second-order valence-electron chi connectivity index (χ2n) is 7.04. The van der Waals surface area contributed by atoms with Crippen molar-refractivity contribution >= 4 is 11.6 Å². The first-order chi connectivity index (χ1) is 13.4. The highest BCUT2D eigenvalue weighted by molar-refractivity contribution is 6.01. The summed E-state index contributed by atoms with van der Waals surface area (Å²) in [7, 11) is 0. The number of carbonyl (C=O) groups is 1. The molecular weight excluding hydrogens is 388 g/mol. The zero-order valence-corrected chi connectivity index (χ0v) is 16.6. The molecule has 0 aliphatic heterocycles. The first-order valence-electron chi connectivity index (χ1n) is 10.1. The number of phenolic OH excluding ortho intramolecular Hbond substituents is 3. The van der Waals surface area contributed by atoms with E-state index < -0.39 is 39.3 Å². The van der Waals surface area contributed by atoms with Crippen LogP contribution in [0.1, 0.15) is 103 Å². The molecule has 1 aromatic rings. The fourth-order valence-corrected chi connectivity index (χ4v) is 3.11. The minimum absolute atomic E-state index is 0. The Labute approximate surface area is 180 Å². The van der Waals surface area contributed by atoms with Crippen molar-refractivity contribution in [3.05, 3.63) is 21.7 Å². The standard InChI is InChI=1S/C20H32N2O6.2CH4/c1-2-3-4-5-6-7-8-9-10-11-12-13-21-20(26)17-15(23)14-16(24)18(19(17)25)22(27)28;;/h14,23-25H,2-13H2,1H3,(H,21,26);2*1H4. The summed E-state index contributed by atoms with van der Waals surface area (Å²) in [4.78, 5) is 22.0. The molecule has 0 heterocycles. The predicted molar refractivity (Wildman–Crippen MR) is 120 cm³/mol. The van der Waals surface area contributed by atoms with E-state index in [4.69, 9.17) is 0 Å². The van der Waals surface area contributed by atoms with Gasteiger partial charge in [0.15, 0.2) is 0 Å². The number of nitro benzene ring substituents is 1. The Morgan fingerprint density at radius 2 is 1.37 bits per heavy atom. The first kappa shape index (κ1) is 29.7. The van der Waals surface area contributed by atoms with Crippen LogP contribution in [0, 0.1) is 10.1 Å². The molecule has 4 N–H and O–H groups in total. The van der Waals surface area contributed by atoms with Crippen LogP contribution < -0.4 is 5.32 Å². The van der Waals surface area contributed by atoms with E-state index in [1.54, 1.807) is 0 Å². The SMILES string of the molecule is C.C.CCCCCCCCCCCCCNC(=O)c1c(O)cc(O)c([N+](=O)[O-])c1O. The molecule has 0 spiro atoms. The maximum absolute atomic E-state index is 12.1. The second kappa shape index (κ2) is 16.3. The van der Waals surface area contributed by atoms with E-state index in [2.05, 4.69) is 12.2 Å². The van der Waals surface area contributed by atoms with Gasteiger partial charge in [0.25, 0.3) is 5.91 Å². The molecule has 0 aliphatic rings. The van der Waals surface area contributed by atoms with Crippen LogP contribution in [0.5, 0.6) is 17.2 Å². The molecule has 174 valence electrons. The minimum atomic E-state index is -1.04. The maximum Gasteiger partial charge on any atom is 0.353 e. The van der Waals surface area contributed by atoms with E-state index in [-0.39, 0.29) is 14.9 Å². The molecule has 0 unspecified atom stereocenters. The highest BCUT2D eigenvalue weighted by Crippen LogP contribution is 2.42. The number of benzene rings is 1. The molecule has 0 radical (unpaired) electrons. The van der Waals surface area contributed by atoms with Gasteiger partial charge in [0.1, 0.15) is 11.3 Å². The van der Waals surface area contributed by atoms with Gasteiger partial charge >= 0.3 is 5.69 Å². The average Bonchev–Trinajstić information content (AvgIpc) is 2.61. The van der Waals surface area contributed by atoms with Gasteiger partial charge in [-0.05, 0) is 6.42 Å². The van der Waals surface area contributed by atoms with Crippen LogP contribution in [-0.4, -0.2) is 32.7 Å². The lowest BCUT2D eigenvalue weighted by atomic mass is 10.1. The summed E-state index contributed by atoms with van der Waals surface area (Å²) in [6, 6.07) is 0.676. The number of hydrogen-bond acceptors (Lipinski definition) is 6. The summed E-state index contributed by atoms with van der Waals surface area (Å²) < 4.78 is 0. The van der Waals surface area contributed by atoms with E-state index in [0.29, 0.717) is 12.6 Å². The molecule has 1 rings (SSSR count). The molecular formula is C22H40N2O6. The molecule has 0 fully saturated rings. The Bertz CT molecular complexity index is 649. The number of nitrogens with zero attached hydrogens (tertiary/aromatic N) is 1. The number of rotatable bonds is 14. The molecule has 8 nitrogen and oxygen atoms in total. The molecule has 0 atom stereocenters. The quantitative estimate of drug-likeness (QED) is 0.162. The third kappa shape index (κ3) is 9.80. The van der Waals surface area contributed by atoms with Crippen LogP contribution in [0.15, 0.2) is 6.07 Å². The topological polar surface area (TPSA) is 133 Å². The summed E-state index contributed by atoms with van der Waals surface area (Å²) in [5.74, 6) is -3.47. The van der Waals surface area contributed by atoms with Crippen LogP contribution >= 0.6 is 0 Å². The zero-order chi connectivity index (χ0) is 20.9. The summed E-state index contributed by atoms with van der Waals surface area (Å²) in [6.45, 7) is 2.55. The number of aromatic hydroxyl groups is 3. The van der Waals surface area contributed by atoms with E-state index >= 15 is 0 Å². The van der Waals surface area contributed by atoms with Crippen LogP contribution in [0.4, 0.5) is 5.69 Å². The minimum Gasteiger partial charge on any atom is -0.507 e. The monoisotopic (exact) mass is 428 g/mol. The fourth-order valence-electron chi connectivity index (χ4n) is 3.11. The summed E-state index contributed by atoms with van der Waals surface area (Å²) in [5, 5.41) is 42.4. The van der Waals surface area contributed by atoms with Gasteiger partial charge in [-0.3, -0.25) is 14.9 Å². The summed E-state index contributed by atoms with van der Waals surface area (Å²) in [5.41, 5.74) is -1.61. The molecule has 0 aromatic heterocycles. The number of amides is 1. The lowest BCUT2D eigenvalue weighted by Crippen LogP contribution is -2.24. The Morgan fingerprint density at radius 1 is 0.900 bits per heavy atom. The van der Waals surface area contributed by atoms with Crippen molar-refractivity contribution in [2.75, 3.05) is 6.54 Å². The van der Waals surface area contributed by atoms with E-state index in [0.717, 1.165) is 25.7 Å². The Morgan fingerprint density at radius 3 is 1.83 bits per heavy atom.